The molecule has 7 heteroatoms. The van der Waals surface area contributed by atoms with Crippen molar-refractivity contribution in [1.82, 2.24) is 9.88 Å². The maximum absolute atomic E-state index is 12.1. The highest BCUT2D eigenvalue weighted by atomic mass is 35.5. The van der Waals surface area contributed by atoms with E-state index in [1.807, 2.05) is 6.07 Å². The molecular formula is C14H10ClN3O2S. The summed E-state index contributed by atoms with van der Waals surface area (Å²) in [5.74, 6) is 0.435. The molecule has 1 aliphatic rings. The SMILES string of the molecule is N#Cc1ccc(OC2CN(C(=O)c3ccc(Cl)s3)C2)nc1. The molecule has 0 N–H and O–H groups in total. The minimum atomic E-state index is -0.0650. The number of hydrogen-bond acceptors (Lipinski definition) is 5. The zero-order valence-corrected chi connectivity index (χ0v) is 12.4. The predicted molar refractivity (Wildman–Crippen MR) is 78.6 cm³/mol. The molecular weight excluding hydrogens is 310 g/mol. The van der Waals surface area contributed by atoms with Gasteiger partial charge in [-0.15, -0.1) is 11.3 Å². The third kappa shape index (κ3) is 2.99. The van der Waals surface area contributed by atoms with Crippen molar-refractivity contribution in [3.63, 3.8) is 0 Å². The molecule has 1 aliphatic heterocycles. The number of nitrogens with zero attached hydrogens (tertiary/aromatic N) is 3. The van der Waals surface area contributed by atoms with Crippen LogP contribution in [-0.2, 0) is 0 Å². The third-order valence-corrected chi connectivity index (χ3v) is 4.29. The Morgan fingerprint density at radius 2 is 2.24 bits per heavy atom. The van der Waals surface area contributed by atoms with E-state index in [9.17, 15) is 4.79 Å². The molecule has 0 aliphatic carbocycles. The van der Waals surface area contributed by atoms with E-state index in [2.05, 4.69) is 4.98 Å². The number of hydrogen-bond donors (Lipinski definition) is 0. The van der Waals surface area contributed by atoms with Gasteiger partial charge in [0.25, 0.3) is 5.91 Å². The molecule has 5 nitrogen and oxygen atoms in total. The van der Waals surface area contributed by atoms with E-state index in [0.29, 0.717) is 33.7 Å². The minimum absolute atomic E-state index is 0.0282. The molecule has 3 rings (SSSR count). The summed E-state index contributed by atoms with van der Waals surface area (Å²) in [6.45, 7) is 1.05. The number of rotatable bonds is 3. The molecule has 106 valence electrons. The zero-order chi connectivity index (χ0) is 14.8. The highest BCUT2D eigenvalue weighted by Gasteiger charge is 2.33. The van der Waals surface area contributed by atoms with E-state index in [-0.39, 0.29) is 12.0 Å². The van der Waals surface area contributed by atoms with Gasteiger partial charge in [-0.3, -0.25) is 4.79 Å². The van der Waals surface area contributed by atoms with Crippen LogP contribution in [-0.4, -0.2) is 35.0 Å². The number of carbonyl (C=O) groups excluding carboxylic acids is 1. The van der Waals surface area contributed by atoms with Gasteiger partial charge in [0.1, 0.15) is 12.2 Å². The molecule has 1 saturated heterocycles. The molecule has 0 bridgehead atoms. The first kappa shape index (κ1) is 13.9. The van der Waals surface area contributed by atoms with Crippen LogP contribution < -0.4 is 4.74 Å². The number of thiophene rings is 1. The summed E-state index contributed by atoms with van der Waals surface area (Å²) in [6.07, 6.45) is 1.40. The molecule has 0 spiro atoms. The predicted octanol–water partition coefficient (Wildman–Crippen LogP) is 2.57. The van der Waals surface area contributed by atoms with Crippen LogP contribution in [0.15, 0.2) is 30.5 Å². The smallest absolute Gasteiger partial charge is 0.264 e. The van der Waals surface area contributed by atoms with Crippen LogP contribution in [0, 0.1) is 11.3 Å². The van der Waals surface area contributed by atoms with Gasteiger partial charge in [0, 0.05) is 12.3 Å². The Kier molecular flexibility index (Phi) is 3.78. The second-order valence-corrected chi connectivity index (χ2v) is 6.27. The molecule has 1 fully saturated rings. The third-order valence-electron chi connectivity index (χ3n) is 3.07. The Balaban J connectivity index is 1.53. The minimum Gasteiger partial charge on any atom is -0.471 e. The Morgan fingerprint density at radius 1 is 1.43 bits per heavy atom. The summed E-state index contributed by atoms with van der Waals surface area (Å²) in [7, 11) is 0. The van der Waals surface area contributed by atoms with Crippen molar-refractivity contribution in [1.29, 1.82) is 5.26 Å². The fourth-order valence-corrected chi connectivity index (χ4v) is 2.96. The van der Waals surface area contributed by atoms with Crippen molar-refractivity contribution in [3.05, 3.63) is 45.2 Å². The van der Waals surface area contributed by atoms with Crippen LogP contribution >= 0.6 is 22.9 Å². The first-order valence-corrected chi connectivity index (χ1v) is 7.42. The maximum atomic E-state index is 12.1. The molecule has 0 unspecified atom stereocenters. The van der Waals surface area contributed by atoms with Gasteiger partial charge in [-0.25, -0.2) is 4.98 Å². The number of carbonyl (C=O) groups is 1. The van der Waals surface area contributed by atoms with E-state index in [0.717, 1.165) is 0 Å². The van der Waals surface area contributed by atoms with Crippen LogP contribution in [0.4, 0.5) is 0 Å². The number of pyridine rings is 1. The second-order valence-electron chi connectivity index (χ2n) is 4.55. The van der Waals surface area contributed by atoms with E-state index in [1.54, 1.807) is 29.2 Å². The van der Waals surface area contributed by atoms with Crippen molar-refractivity contribution in [2.24, 2.45) is 0 Å². The quantitative estimate of drug-likeness (QED) is 0.872. The number of nitriles is 1. The average Bonchev–Trinajstić information content (AvgIpc) is 2.89. The van der Waals surface area contributed by atoms with Crippen molar-refractivity contribution < 1.29 is 9.53 Å². The van der Waals surface area contributed by atoms with Crippen LogP contribution in [0.3, 0.4) is 0 Å². The van der Waals surface area contributed by atoms with Gasteiger partial charge < -0.3 is 9.64 Å². The van der Waals surface area contributed by atoms with Gasteiger partial charge in [0.05, 0.1) is 27.9 Å². The van der Waals surface area contributed by atoms with E-state index in [4.69, 9.17) is 21.6 Å². The molecule has 0 atom stereocenters. The average molecular weight is 320 g/mol. The summed E-state index contributed by atoms with van der Waals surface area (Å²) in [5.41, 5.74) is 0.488. The highest BCUT2D eigenvalue weighted by Crippen LogP contribution is 2.25. The molecule has 2 aromatic heterocycles. The topological polar surface area (TPSA) is 66.2 Å². The normalized spacial score (nSPS) is 14.4. The molecule has 21 heavy (non-hydrogen) atoms. The summed E-state index contributed by atoms with van der Waals surface area (Å²) in [6, 6.07) is 8.75. The molecule has 3 heterocycles. The molecule has 0 radical (unpaired) electrons. The molecule has 0 aromatic carbocycles. The van der Waals surface area contributed by atoms with Crippen LogP contribution in [0.2, 0.25) is 4.34 Å². The second kappa shape index (κ2) is 5.72. The summed E-state index contributed by atoms with van der Waals surface area (Å²) in [5, 5.41) is 8.69. The summed E-state index contributed by atoms with van der Waals surface area (Å²) in [4.78, 5) is 18.5. The van der Waals surface area contributed by atoms with Crippen molar-refractivity contribution >= 4 is 28.8 Å². The van der Waals surface area contributed by atoms with Crippen molar-refractivity contribution in [2.75, 3.05) is 13.1 Å². The number of ether oxygens (including phenoxy) is 1. The standard InChI is InChI=1S/C14H10ClN3O2S/c15-12-3-2-11(21-12)14(19)18-7-10(8-18)20-13-4-1-9(5-16)6-17-13/h1-4,6,10H,7-8H2. The van der Waals surface area contributed by atoms with Gasteiger partial charge >= 0.3 is 0 Å². The fraction of sp³-hybridized carbons (Fsp3) is 0.214. The summed E-state index contributed by atoms with van der Waals surface area (Å²) < 4.78 is 6.24. The first-order chi connectivity index (χ1) is 10.2. The number of amides is 1. The lowest BCUT2D eigenvalue weighted by Crippen LogP contribution is -2.56. The Morgan fingerprint density at radius 3 is 2.81 bits per heavy atom. The Bertz CT molecular complexity index is 702. The Hall–Kier alpha value is -2.10. The number of aromatic nitrogens is 1. The van der Waals surface area contributed by atoms with Gasteiger partial charge in [-0.2, -0.15) is 5.26 Å². The van der Waals surface area contributed by atoms with Gasteiger partial charge in [0.2, 0.25) is 5.88 Å². The van der Waals surface area contributed by atoms with Crippen molar-refractivity contribution in [2.45, 2.75) is 6.10 Å². The fourth-order valence-electron chi connectivity index (χ4n) is 1.95. The summed E-state index contributed by atoms with van der Waals surface area (Å²) >= 11 is 7.10. The maximum Gasteiger partial charge on any atom is 0.264 e. The lowest BCUT2D eigenvalue weighted by Gasteiger charge is -2.38. The van der Waals surface area contributed by atoms with Gasteiger partial charge in [-0.1, -0.05) is 11.6 Å². The number of likely N-dealkylation sites (tertiary alicyclic amines) is 1. The molecule has 0 saturated carbocycles. The monoisotopic (exact) mass is 319 g/mol. The van der Waals surface area contributed by atoms with Crippen LogP contribution in [0.5, 0.6) is 5.88 Å². The lowest BCUT2D eigenvalue weighted by molar-refractivity contribution is 0.0164. The number of halogens is 1. The molecule has 1 amide bonds. The van der Waals surface area contributed by atoms with Gasteiger partial charge in [-0.05, 0) is 18.2 Å². The van der Waals surface area contributed by atoms with Gasteiger partial charge in [0.15, 0.2) is 0 Å². The molecule has 2 aromatic rings. The highest BCUT2D eigenvalue weighted by molar-refractivity contribution is 7.17. The Labute approximate surface area is 130 Å². The van der Waals surface area contributed by atoms with Crippen LogP contribution in [0.1, 0.15) is 15.2 Å². The largest absolute Gasteiger partial charge is 0.471 e. The zero-order valence-electron chi connectivity index (χ0n) is 10.8. The lowest BCUT2D eigenvalue weighted by atomic mass is 10.1. The van der Waals surface area contributed by atoms with Crippen molar-refractivity contribution in [3.8, 4) is 11.9 Å². The van der Waals surface area contributed by atoms with E-state index >= 15 is 0 Å². The van der Waals surface area contributed by atoms with Crippen LogP contribution in [0.25, 0.3) is 0 Å². The van der Waals surface area contributed by atoms with E-state index < -0.39 is 0 Å². The first-order valence-electron chi connectivity index (χ1n) is 6.23. The van der Waals surface area contributed by atoms with E-state index in [1.165, 1.54) is 17.5 Å².